The van der Waals surface area contributed by atoms with Crippen LogP contribution in [-0.2, 0) is 16.1 Å². The van der Waals surface area contributed by atoms with E-state index in [0.29, 0.717) is 24.8 Å². The van der Waals surface area contributed by atoms with Crippen LogP contribution in [0.2, 0.25) is 0 Å². The average molecular weight is 341 g/mol. The number of carbonyl (C=O) groups is 2. The van der Waals surface area contributed by atoms with E-state index in [1.54, 1.807) is 12.4 Å². The molecule has 1 aliphatic heterocycles. The van der Waals surface area contributed by atoms with Gasteiger partial charge in [-0.1, -0.05) is 18.9 Å². The van der Waals surface area contributed by atoms with Crippen molar-refractivity contribution in [1.29, 1.82) is 0 Å². The summed E-state index contributed by atoms with van der Waals surface area (Å²) >= 11 is 0. The molecule has 1 N–H and O–H groups in total. The fourth-order valence-corrected chi connectivity index (χ4v) is 4.68. The molecule has 1 saturated heterocycles. The second-order valence-electron chi connectivity index (χ2n) is 8.12. The van der Waals surface area contributed by atoms with Crippen LogP contribution in [0.25, 0.3) is 0 Å². The SMILES string of the molecule is O=C(NCc1cccnc1)[C@@H]1C[C@]12CCN(C(=O)CC1CCCC1)C2. The second kappa shape index (κ2) is 6.77. The van der Waals surface area contributed by atoms with Gasteiger partial charge < -0.3 is 10.2 Å². The average Bonchev–Trinajstić information content (AvgIpc) is 2.96. The summed E-state index contributed by atoms with van der Waals surface area (Å²) in [4.78, 5) is 31.1. The van der Waals surface area contributed by atoms with Gasteiger partial charge in [-0.2, -0.15) is 0 Å². The van der Waals surface area contributed by atoms with Crippen LogP contribution in [0.15, 0.2) is 24.5 Å². The Balaban J connectivity index is 1.25. The smallest absolute Gasteiger partial charge is 0.224 e. The molecule has 5 nitrogen and oxygen atoms in total. The predicted octanol–water partition coefficient (Wildman–Crippen LogP) is 2.52. The zero-order valence-electron chi connectivity index (χ0n) is 14.7. The molecule has 3 fully saturated rings. The first-order chi connectivity index (χ1) is 12.2. The van der Waals surface area contributed by atoms with Crippen LogP contribution in [0.1, 0.15) is 50.5 Å². The fraction of sp³-hybridized carbons (Fsp3) is 0.650. The molecule has 1 aromatic rings. The van der Waals surface area contributed by atoms with Crippen molar-refractivity contribution in [1.82, 2.24) is 15.2 Å². The number of amides is 2. The maximum Gasteiger partial charge on any atom is 0.224 e. The molecular formula is C20H27N3O2. The van der Waals surface area contributed by atoms with Crippen LogP contribution in [0, 0.1) is 17.3 Å². The van der Waals surface area contributed by atoms with Crippen LogP contribution in [0.3, 0.4) is 0 Å². The van der Waals surface area contributed by atoms with Gasteiger partial charge in [0, 0.05) is 49.8 Å². The molecule has 0 bridgehead atoms. The Hall–Kier alpha value is -1.91. The molecule has 2 amide bonds. The van der Waals surface area contributed by atoms with E-state index in [2.05, 4.69) is 10.3 Å². The van der Waals surface area contributed by atoms with Crippen molar-refractivity contribution in [3.8, 4) is 0 Å². The lowest BCUT2D eigenvalue weighted by molar-refractivity contribution is -0.131. The van der Waals surface area contributed by atoms with Gasteiger partial charge in [-0.15, -0.1) is 0 Å². The highest BCUT2D eigenvalue weighted by atomic mass is 16.2. The summed E-state index contributed by atoms with van der Waals surface area (Å²) < 4.78 is 0. The van der Waals surface area contributed by atoms with Gasteiger partial charge in [-0.3, -0.25) is 14.6 Å². The van der Waals surface area contributed by atoms with Crippen molar-refractivity contribution >= 4 is 11.8 Å². The Bertz CT molecular complexity index is 642. The summed E-state index contributed by atoms with van der Waals surface area (Å²) in [5.41, 5.74) is 1.08. The minimum absolute atomic E-state index is 0.0599. The lowest BCUT2D eigenvalue weighted by Gasteiger charge is -2.19. The van der Waals surface area contributed by atoms with E-state index in [1.165, 1.54) is 25.7 Å². The van der Waals surface area contributed by atoms with Crippen molar-refractivity contribution in [2.75, 3.05) is 13.1 Å². The molecule has 5 heteroatoms. The van der Waals surface area contributed by atoms with Gasteiger partial charge >= 0.3 is 0 Å². The van der Waals surface area contributed by atoms with Crippen LogP contribution in [0.5, 0.6) is 0 Å². The van der Waals surface area contributed by atoms with Gasteiger partial charge in [0.25, 0.3) is 0 Å². The third kappa shape index (κ3) is 3.55. The summed E-state index contributed by atoms with van der Waals surface area (Å²) in [5.74, 6) is 1.12. The molecule has 134 valence electrons. The molecule has 0 unspecified atom stereocenters. The van der Waals surface area contributed by atoms with E-state index < -0.39 is 0 Å². The van der Waals surface area contributed by atoms with Gasteiger partial charge in [0.15, 0.2) is 0 Å². The van der Waals surface area contributed by atoms with E-state index in [4.69, 9.17) is 0 Å². The van der Waals surface area contributed by atoms with Gasteiger partial charge in [0.1, 0.15) is 0 Å². The second-order valence-corrected chi connectivity index (χ2v) is 8.12. The Morgan fingerprint density at radius 3 is 2.92 bits per heavy atom. The first-order valence-corrected chi connectivity index (χ1v) is 9.61. The van der Waals surface area contributed by atoms with Crippen molar-refractivity contribution in [2.45, 2.75) is 51.5 Å². The molecule has 1 spiro atoms. The maximum absolute atomic E-state index is 12.5. The van der Waals surface area contributed by atoms with E-state index >= 15 is 0 Å². The molecule has 2 saturated carbocycles. The summed E-state index contributed by atoms with van der Waals surface area (Å²) in [6.07, 6.45) is 11.1. The highest BCUT2D eigenvalue weighted by molar-refractivity contribution is 5.83. The molecule has 0 radical (unpaired) electrons. The molecule has 2 aliphatic carbocycles. The van der Waals surface area contributed by atoms with E-state index in [1.807, 2.05) is 17.0 Å². The van der Waals surface area contributed by atoms with Gasteiger partial charge in [-0.05, 0) is 43.2 Å². The normalized spacial score (nSPS) is 28.5. The summed E-state index contributed by atoms with van der Waals surface area (Å²) in [6, 6.07) is 3.85. The van der Waals surface area contributed by atoms with Gasteiger partial charge in [-0.25, -0.2) is 0 Å². The summed E-state index contributed by atoms with van der Waals surface area (Å²) in [7, 11) is 0. The number of hydrogen-bond acceptors (Lipinski definition) is 3. The zero-order valence-corrected chi connectivity index (χ0v) is 14.7. The number of rotatable bonds is 5. The van der Waals surface area contributed by atoms with Crippen LogP contribution < -0.4 is 5.32 Å². The molecule has 1 aromatic heterocycles. The Morgan fingerprint density at radius 1 is 1.32 bits per heavy atom. The highest BCUT2D eigenvalue weighted by Crippen LogP contribution is 2.58. The number of hydrogen-bond donors (Lipinski definition) is 1. The number of nitrogens with one attached hydrogen (secondary N) is 1. The van der Waals surface area contributed by atoms with Crippen LogP contribution in [-0.4, -0.2) is 34.8 Å². The summed E-state index contributed by atoms with van der Waals surface area (Å²) in [5, 5.41) is 3.03. The first-order valence-electron chi connectivity index (χ1n) is 9.61. The minimum Gasteiger partial charge on any atom is -0.352 e. The van der Waals surface area contributed by atoms with E-state index in [-0.39, 0.29) is 17.2 Å². The van der Waals surface area contributed by atoms with Crippen molar-refractivity contribution < 1.29 is 9.59 Å². The van der Waals surface area contributed by atoms with Gasteiger partial charge in [0.05, 0.1) is 0 Å². The van der Waals surface area contributed by atoms with Crippen molar-refractivity contribution in [2.24, 2.45) is 17.3 Å². The van der Waals surface area contributed by atoms with E-state index in [9.17, 15) is 9.59 Å². The zero-order chi connectivity index (χ0) is 17.3. The highest BCUT2D eigenvalue weighted by Gasteiger charge is 2.61. The van der Waals surface area contributed by atoms with Gasteiger partial charge in [0.2, 0.25) is 11.8 Å². The Kier molecular flexibility index (Phi) is 4.48. The molecule has 2 heterocycles. The van der Waals surface area contributed by atoms with Crippen LogP contribution in [0.4, 0.5) is 0 Å². The standard InChI is InChI=1S/C20H27N3O2/c24-18(10-15-4-1-2-5-15)23-9-7-20(14-23)11-17(20)19(25)22-13-16-6-3-8-21-12-16/h3,6,8,12,15,17H,1-2,4-5,7,9-11,13-14H2,(H,22,25)/t17-,20-/m0/s1. The minimum atomic E-state index is 0.0599. The predicted molar refractivity (Wildman–Crippen MR) is 94.4 cm³/mol. The molecular weight excluding hydrogens is 314 g/mol. The van der Waals surface area contributed by atoms with E-state index in [0.717, 1.165) is 31.5 Å². The lowest BCUT2D eigenvalue weighted by Crippen LogP contribution is -2.32. The lowest BCUT2D eigenvalue weighted by atomic mass is 10.0. The quantitative estimate of drug-likeness (QED) is 0.895. The number of nitrogens with zero attached hydrogens (tertiary/aromatic N) is 2. The third-order valence-electron chi connectivity index (χ3n) is 6.37. The Morgan fingerprint density at radius 2 is 2.16 bits per heavy atom. The number of aromatic nitrogens is 1. The first kappa shape index (κ1) is 16.6. The monoisotopic (exact) mass is 341 g/mol. The number of carbonyl (C=O) groups excluding carboxylic acids is 2. The molecule has 25 heavy (non-hydrogen) atoms. The number of likely N-dealkylation sites (tertiary alicyclic amines) is 1. The largest absolute Gasteiger partial charge is 0.352 e. The topological polar surface area (TPSA) is 62.3 Å². The van der Waals surface area contributed by atoms with Crippen molar-refractivity contribution in [3.63, 3.8) is 0 Å². The molecule has 0 aromatic carbocycles. The Labute approximate surface area is 149 Å². The molecule has 2 atom stereocenters. The molecule has 4 rings (SSSR count). The summed E-state index contributed by atoms with van der Waals surface area (Å²) in [6.45, 7) is 2.14. The molecule has 3 aliphatic rings. The van der Waals surface area contributed by atoms with Crippen molar-refractivity contribution in [3.05, 3.63) is 30.1 Å². The third-order valence-corrected chi connectivity index (χ3v) is 6.37. The fourth-order valence-electron chi connectivity index (χ4n) is 4.68. The number of pyridine rings is 1. The van der Waals surface area contributed by atoms with Crippen LogP contribution >= 0.6 is 0 Å². The maximum atomic E-state index is 12.5.